The van der Waals surface area contributed by atoms with Crippen LogP contribution in [0.15, 0.2) is 57.9 Å². The first kappa shape index (κ1) is 21.3. The fourth-order valence-electron chi connectivity index (χ4n) is 3.98. The van der Waals surface area contributed by atoms with E-state index in [1.807, 2.05) is 0 Å². The molecule has 33 heavy (non-hydrogen) atoms. The molecule has 1 amide bonds. The first-order chi connectivity index (χ1) is 16.1. The minimum absolute atomic E-state index is 0.0536. The molecular formula is C23H22FN5O3S. The second kappa shape index (κ2) is 9.14. The number of nitrogens with zero attached hydrogens (tertiary/aromatic N) is 4. The number of hydrogen-bond donors (Lipinski definition) is 1. The van der Waals surface area contributed by atoms with Gasteiger partial charge < -0.3 is 14.6 Å². The number of nitrogens with one attached hydrogen (secondary N) is 1. The van der Waals surface area contributed by atoms with E-state index < -0.39 is 0 Å². The van der Waals surface area contributed by atoms with Crippen molar-refractivity contribution in [3.8, 4) is 11.5 Å². The van der Waals surface area contributed by atoms with Crippen LogP contribution in [-0.4, -0.2) is 40.3 Å². The first-order valence-corrected chi connectivity index (χ1v) is 11.6. The van der Waals surface area contributed by atoms with Gasteiger partial charge in [-0.2, -0.15) is 5.10 Å². The Morgan fingerprint density at radius 1 is 1.27 bits per heavy atom. The molecule has 3 aromatic heterocycles. The quantitative estimate of drug-likeness (QED) is 0.468. The monoisotopic (exact) mass is 467 g/mol. The maximum absolute atomic E-state index is 13.5. The molecule has 1 aromatic carbocycles. The minimum Gasteiger partial charge on any atom is -0.463 e. The summed E-state index contributed by atoms with van der Waals surface area (Å²) < 4.78 is 21.0. The van der Waals surface area contributed by atoms with E-state index in [0.717, 1.165) is 34.7 Å². The predicted molar refractivity (Wildman–Crippen MR) is 124 cm³/mol. The molecule has 5 rings (SSSR count). The Morgan fingerprint density at radius 3 is 3.03 bits per heavy atom. The molecule has 1 unspecified atom stereocenters. The smallest absolute Gasteiger partial charge is 0.266 e. The van der Waals surface area contributed by atoms with Gasteiger partial charge >= 0.3 is 0 Å². The van der Waals surface area contributed by atoms with Crippen molar-refractivity contribution < 1.29 is 13.6 Å². The fourth-order valence-corrected chi connectivity index (χ4v) is 5.01. The zero-order valence-electron chi connectivity index (χ0n) is 17.7. The molecule has 1 N–H and O–H groups in total. The Balaban J connectivity index is 1.19. The van der Waals surface area contributed by atoms with Crippen molar-refractivity contribution in [2.75, 3.05) is 24.5 Å². The molecule has 1 atom stereocenters. The van der Waals surface area contributed by atoms with E-state index >= 15 is 0 Å². The number of anilines is 1. The first-order valence-electron chi connectivity index (χ1n) is 10.8. The number of amides is 1. The molecule has 4 aromatic rings. The van der Waals surface area contributed by atoms with E-state index in [4.69, 9.17) is 4.42 Å². The summed E-state index contributed by atoms with van der Waals surface area (Å²) in [6.07, 6.45) is 3.20. The van der Waals surface area contributed by atoms with Crippen LogP contribution in [-0.2, 0) is 11.3 Å². The number of piperidine rings is 1. The molecule has 1 aliphatic rings. The number of benzene rings is 1. The van der Waals surface area contributed by atoms with Gasteiger partial charge in [0, 0.05) is 25.7 Å². The van der Waals surface area contributed by atoms with Crippen LogP contribution >= 0.6 is 11.3 Å². The summed E-state index contributed by atoms with van der Waals surface area (Å²) >= 11 is 1.44. The predicted octanol–water partition coefficient (Wildman–Crippen LogP) is 3.28. The van der Waals surface area contributed by atoms with Gasteiger partial charge in [-0.25, -0.2) is 14.1 Å². The van der Waals surface area contributed by atoms with Crippen molar-refractivity contribution in [3.05, 3.63) is 64.9 Å². The van der Waals surface area contributed by atoms with Gasteiger partial charge in [0.25, 0.3) is 5.56 Å². The zero-order valence-corrected chi connectivity index (χ0v) is 18.6. The lowest BCUT2D eigenvalue weighted by Gasteiger charge is -2.31. The molecule has 1 aliphatic heterocycles. The standard InChI is InChI=1S/C23H22FN5O3S/c24-16-5-6-18-20(13-16)33-23(26-18)28-10-1-3-15(14-28)22(31)25-9-11-29-21(30)8-7-17(27-29)19-4-2-12-32-19/h2,4-8,12-13,15H,1,3,9-11,14H2,(H,25,31). The van der Waals surface area contributed by atoms with Gasteiger partial charge in [-0.1, -0.05) is 11.3 Å². The summed E-state index contributed by atoms with van der Waals surface area (Å²) in [4.78, 5) is 31.6. The number of hydrogen-bond acceptors (Lipinski definition) is 7. The summed E-state index contributed by atoms with van der Waals surface area (Å²) in [5, 5.41) is 8.06. The van der Waals surface area contributed by atoms with Gasteiger partial charge in [-0.15, -0.1) is 0 Å². The minimum atomic E-state index is -0.281. The molecular weight excluding hydrogens is 445 g/mol. The van der Waals surface area contributed by atoms with Crippen LogP contribution < -0.4 is 15.8 Å². The number of halogens is 1. The number of rotatable bonds is 6. The second-order valence-electron chi connectivity index (χ2n) is 7.94. The van der Waals surface area contributed by atoms with Crippen LogP contribution in [0.1, 0.15) is 12.8 Å². The summed E-state index contributed by atoms with van der Waals surface area (Å²) in [7, 11) is 0. The molecule has 0 aliphatic carbocycles. The third kappa shape index (κ3) is 4.65. The highest BCUT2D eigenvalue weighted by atomic mass is 32.1. The van der Waals surface area contributed by atoms with E-state index in [2.05, 4.69) is 20.3 Å². The van der Waals surface area contributed by atoms with Gasteiger partial charge in [-0.3, -0.25) is 9.59 Å². The lowest BCUT2D eigenvalue weighted by atomic mass is 9.97. The van der Waals surface area contributed by atoms with Crippen LogP contribution in [0.25, 0.3) is 21.7 Å². The lowest BCUT2D eigenvalue weighted by molar-refractivity contribution is -0.125. The number of furan rings is 1. The fraction of sp³-hybridized carbons (Fsp3) is 0.304. The number of carbonyl (C=O) groups is 1. The Labute approximate surface area is 192 Å². The topological polar surface area (TPSA) is 93.3 Å². The Hall–Kier alpha value is -3.53. The van der Waals surface area contributed by atoms with Crippen molar-refractivity contribution in [1.29, 1.82) is 0 Å². The molecule has 170 valence electrons. The number of carbonyl (C=O) groups excluding carboxylic acids is 1. The number of fused-ring (bicyclic) bond motifs is 1. The van der Waals surface area contributed by atoms with Gasteiger partial charge in [0.2, 0.25) is 5.91 Å². The summed E-state index contributed by atoms with van der Waals surface area (Å²) in [5.74, 6) is 0.0632. The summed E-state index contributed by atoms with van der Waals surface area (Å²) in [6, 6.07) is 11.2. The average Bonchev–Trinajstić information content (AvgIpc) is 3.50. The third-order valence-corrected chi connectivity index (χ3v) is 6.74. The van der Waals surface area contributed by atoms with Crippen LogP contribution in [0.3, 0.4) is 0 Å². The van der Waals surface area contributed by atoms with Gasteiger partial charge in [0.05, 0.1) is 28.9 Å². The van der Waals surface area contributed by atoms with E-state index in [1.165, 1.54) is 34.2 Å². The SMILES string of the molecule is O=C(NCCn1nc(-c2ccco2)ccc1=O)C1CCCN(c2nc3ccc(F)cc3s2)C1. The molecule has 0 radical (unpaired) electrons. The van der Waals surface area contributed by atoms with Crippen molar-refractivity contribution in [3.63, 3.8) is 0 Å². The second-order valence-corrected chi connectivity index (χ2v) is 8.95. The van der Waals surface area contributed by atoms with Crippen LogP contribution in [0.2, 0.25) is 0 Å². The highest BCUT2D eigenvalue weighted by Crippen LogP contribution is 2.32. The normalized spacial score (nSPS) is 16.3. The van der Waals surface area contributed by atoms with Gasteiger partial charge in [0.1, 0.15) is 11.5 Å². The molecule has 0 bridgehead atoms. The van der Waals surface area contributed by atoms with Crippen LogP contribution in [0, 0.1) is 11.7 Å². The Bertz CT molecular complexity index is 1330. The maximum atomic E-state index is 13.5. The van der Waals surface area contributed by atoms with Crippen molar-refractivity contribution in [2.45, 2.75) is 19.4 Å². The van der Waals surface area contributed by atoms with E-state index in [0.29, 0.717) is 24.5 Å². The molecule has 1 fully saturated rings. The van der Waals surface area contributed by atoms with Gasteiger partial charge in [-0.05, 0) is 49.2 Å². The molecule has 0 spiro atoms. The molecule has 1 saturated heterocycles. The van der Waals surface area contributed by atoms with E-state index in [1.54, 1.807) is 30.5 Å². The summed E-state index contributed by atoms with van der Waals surface area (Å²) in [6.45, 7) is 1.93. The van der Waals surface area contributed by atoms with Crippen molar-refractivity contribution in [1.82, 2.24) is 20.1 Å². The molecule has 0 saturated carbocycles. The largest absolute Gasteiger partial charge is 0.463 e. The summed E-state index contributed by atoms with van der Waals surface area (Å²) in [5.41, 5.74) is 1.08. The van der Waals surface area contributed by atoms with E-state index in [-0.39, 0.29) is 29.7 Å². The molecule has 10 heteroatoms. The van der Waals surface area contributed by atoms with Crippen molar-refractivity contribution in [2.24, 2.45) is 5.92 Å². The third-order valence-electron chi connectivity index (χ3n) is 5.66. The maximum Gasteiger partial charge on any atom is 0.266 e. The Kier molecular flexibility index (Phi) is 5.91. The zero-order chi connectivity index (χ0) is 22.8. The number of thiazole rings is 1. The molecule has 4 heterocycles. The number of aromatic nitrogens is 3. The van der Waals surface area contributed by atoms with Crippen molar-refractivity contribution >= 4 is 32.6 Å². The molecule has 8 nitrogen and oxygen atoms in total. The Morgan fingerprint density at radius 2 is 2.18 bits per heavy atom. The average molecular weight is 468 g/mol. The van der Waals surface area contributed by atoms with Crippen LogP contribution in [0.4, 0.5) is 9.52 Å². The van der Waals surface area contributed by atoms with Gasteiger partial charge in [0.15, 0.2) is 10.9 Å². The van der Waals surface area contributed by atoms with E-state index in [9.17, 15) is 14.0 Å². The van der Waals surface area contributed by atoms with Crippen LogP contribution in [0.5, 0.6) is 0 Å². The highest BCUT2D eigenvalue weighted by Gasteiger charge is 2.27. The highest BCUT2D eigenvalue weighted by molar-refractivity contribution is 7.22. The lowest BCUT2D eigenvalue weighted by Crippen LogP contribution is -2.44.